The van der Waals surface area contributed by atoms with Crippen molar-refractivity contribution >= 4 is 50.7 Å². The van der Waals surface area contributed by atoms with Crippen molar-refractivity contribution in [3.05, 3.63) is 87.9 Å². The SMILES string of the molecule is CCS(=O)(=O)N(CC(=O)N(Cc1c(Cl)cccc1Cl)C(Cc1ccccc1)C(=O)NC(C)(C)C)c1ccc2c(c1)OCO2. The molecule has 1 aliphatic heterocycles. The van der Waals surface area contributed by atoms with Crippen LogP contribution < -0.4 is 19.1 Å². The van der Waals surface area contributed by atoms with Crippen LogP contribution >= 0.6 is 23.2 Å². The van der Waals surface area contributed by atoms with Gasteiger partial charge in [0.25, 0.3) is 0 Å². The Kier molecular flexibility index (Phi) is 10.1. The molecule has 0 aliphatic carbocycles. The average Bonchev–Trinajstić information content (AvgIpc) is 3.42. The Morgan fingerprint density at radius 2 is 1.60 bits per heavy atom. The third-order valence-corrected chi connectivity index (χ3v) is 9.23. The minimum Gasteiger partial charge on any atom is -0.454 e. The van der Waals surface area contributed by atoms with Crippen molar-refractivity contribution in [2.45, 2.75) is 52.2 Å². The second-order valence-corrected chi connectivity index (χ2v) is 14.1. The third kappa shape index (κ3) is 8.13. The minimum absolute atomic E-state index is 0.00860. The van der Waals surface area contributed by atoms with Gasteiger partial charge in [-0.2, -0.15) is 0 Å². The average molecular weight is 649 g/mol. The molecule has 0 fully saturated rings. The lowest BCUT2D eigenvalue weighted by Crippen LogP contribution is -2.56. The quantitative estimate of drug-likeness (QED) is 0.297. The van der Waals surface area contributed by atoms with Crippen molar-refractivity contribution in [1.29, 1.82) is 0 Å². The van der Waals surface area contributed by atoms with Gasteiger partial charge in [0.2, 0.25) is 28.6 Å². The van der Waals surface area contributed by atoms with Crippen molar-refractivity contribution < 1.29 is 27.5 Å². The molecule has 0 aromatic heterocycles. The van der Waals surface area contributed by atoms with Gasteiger partial charge in [-0.25, -0.2) is 8.42 Å². The fourth-order valence-corrected chi connectivity index (χ4v) is 6.19. The summed E-state index contributed by atoms with van der Waals surface area (Å²) in [6, 6.07) is 17.9. The fourth-order valence-electron chi connectivity index (χ4n) is 4.62. The number of rotatable bonds is 11. The minimum atomic E-state index is -3.95. The molecule has 0 saturated heterocycles. The number of sulfonamides is 1. The second kappa shape index (κ2) is 13.4. The van der Waals surface area contributed by atoms with Gasteiger partial charge in [0.05, 0.1) is 11.4 Å². The van der Waals surface area contributed by atoms with Gasteiger partial charge in [0.1, 0.15) is 12.6 Å². The van der Waals surface area contributed by atoms with Crippen LogP contribution in [-0.4, -0.2) is 55.8 Å². The maximum absolute atomic E-state index is 14.3. The number of nitrogens with one attached hydrogen (secondary N) is 1. The third-order valence-electron chi connectivity index (χ3n) is 6.78. The van der Waals surface area contributed by atoms with Crippen LogP contribution in [0.5, 0.6) is 11.5 Å². The van der Waals surface area contributed by atoms with Gasteiger partial charge >= 0.3 is 0 Å². The van der Waals surface area contributed by atoms with Gasteiger partial charge in [0.15, 0.2) is 11.5 Å². The zero-order valence-corrected chi connectivity index (χ0v) is 26.8. The summed E-state index contributed by atoms with van der Waals surface area (Å²) in [5, 5.41) is 3.61. The maximum atomic E-state index is 14.3. The monoisotopic (exact) mass is 647 g/mol. The van der Waals surface area contributed by atoms with Crippen LogP contribution in [0.1, 0.15) is 38.8 Å². The standard InChI is InChI=1S/C31H35Cl2N3O6S/c1-5-43(39,40)36(22-14-15-27-28(17-22)42-20-41-27)19-29(37)35(18-23-24(32)12-9-13-25(23)33)26(30(38)34-31(2,3)4)16-21-10-7-6-8-11-21/h6-15,17,26H,5,16,18-20H2,1-4H3,(H,34,38). The molecule has 3 aromatic rings. The largest absolute Gasteiger partial charge is 0.454 e. The van der Waals surface area contributed by atoms with E-state index in [1.165, 1.54) is 17.9 Å². The molecule has 0 saturated carbocycles. The highest BCUT2D eigenvalue weighted by Gasteiger charge is 2.35. The van der Waals surface area contributed by atoms with Crippen molar-refractivity contribution in [3.8, 4) is 11.5 Å². The number of anilines is 1. The smallest absolute Gasteiger partial charge is 0.244 e. The van der Waals surface area contributed by atoms with E-state index in [4.69, 9.17) is 32.7 Å². The lowest BCUT2D eigenvalue weighted by molar-refractivity contribution is -0.140. The lowest BCUT2D eigenvalue weighted by Gasteiger charge is -2.35. The molecular weight excluding hydrogens is 613 g/mol. The number of carbonyl (C=O) groups excluding carboxylic acids is 2. The van der Waals surface area contributed by atoms with Gasteiger partial charge in [-0.3, -0.25) is 13.9 Å². The number of hydrogen-bond acceptors (Lipinski definition) is 6. The van der Waals surface area contributed by atoms with Crippen LogP contribution in [0.2, 0.25) is 10.0 Å². The second-order valence-electron chi connectivity index (χ2n) is 11.1. The summed E-state index contributed by atoms with van der Waals surface area (Å²) in [4.78, 5) is 29.6. The van der Waals surface area contributed by atoms with E-state index in [2.05, 4.69) is 5.32 Å². The molecule has 0 spiro atoms. The number of fused-ring (bicyclic) bond motifs is 1. The Balaban J connectivity index is 1.80. The van der Waals surface area contributed by atoms with E-state index in [1.807, 2.05) is 51.1 Å². The van der Waals surface area contributed by atoms with E-state index in [-0.39, 0.29) is 31.2 Å². The van der Waals surface area contributed by atoms with E-state index < -0.39 is 40.0 Å². The number of amides is 2. The number of carbonyl (C=O) groups is 2. The summed E-state index contributed by atoms with van der Waals surface area (Å²) < 4.78 is 38.6. The van der Waals surface area contributed by atoms with Gasteiger partial charge < -0.3 is 19.7 Å². The molecule has 1 heterocycles. The molecule has 0 bridgehead atoms. The first kappa shape index (κ1) is 32.4. The zero-order chi connectivity index (χ0) is 31.4. The number of nitrogens with zero attached hydrogens (tertiary/aromatic N) is 2. The highest BCUT2D eigenvalue weighted by Crippen LogP contribution is 2.36. The van der Waals surface area contributed by atoms with Crippen LogP contribution in [0.3, 0.4) is 0 Å². The maximum Gasteiger partial charge on any atom is 0.244 e. The number of benzene rings is 3. The first-order valence-electron chi connectivity index (χ1n) is 13.8. The van der Waals surface area contributed by atoms with Crippen LogP contribution in [0, 0.1) is 0 Å². The van der Waals surface area contributed by atoms with E-state index in [0.717, 1.165) is 9.87 Å². The Bertz CT molecular complexity index is 1560. The molecule has 3 aromatic carbocycles. The lowest BCUT2D eigenvalue weighted by atomic mass is 10.0. The molecule has 1 N–H and O–H groups in total. The summed E-state index contributed by atoms with van der Waals surface area (Å²) in [5.41, 5.74) is 0.878. The van der Waals surface area contributed by atoms with Gasteiger partial charge in [-0.05, 0) is 57.5 Å². The van der Waals surface area contributed by atoms with Crippen LogP contribution in [0.4, 0.5) is 5.69 Å². The van der Waals surface area contributed by atoms with Gasteiger partial charge in [-0.15, -0.1) is 0 Å². The highest BCUT2D eigenvalue weighted by molar-refractivity contribution is 7.92. The Morgan fingerprint density at radius 1 is 0.953 bits per heavy atom. The van der Waals surface area contributed by atoms with Crippen LogP contribution in [0.25, 0.3) is 0 Å². The number of ether oxygens (including phenoxy) is 2. The van der Waals surface area contributed by atoms with Crippen molar-refractivity contribution in [1.82, 2.24) is 10.2 Å². The molecule has 43 heavy (non-hydrogen) atoms. The Hall–Kier alpha value is -3.47. The van der Waals surface area contributed by atoms with Crippen molar-refractivity contribution in [2.75, 3.05) is 23.4 Å². The Labute approximate surface area is 262 Å². The molecule has 230 valence electrons. The van der Waals surface area contributed by atoms with Gasteiger partial charge in [0, 0.05) is 40.2 Å². The summed E-state index contributed by atoms with van der Waals surface area (Å²) in [6.45, 7) is 6.33. The van der Waals surface area contributed by atoms with Crippen LogP contribution in [-0.2, 0) is 32.6 Å². The first-order chi connectivity index (χ1) is 20.3. The topological polar surface area (TPSA) is 105 Å². The molecule has 0 radical (unpaired) electrons. The van der Waals surface area contributed by atoms with E-state index >= 15 is 0 Å². The van der Waals surface area contributed by atoms with Crippen molar-refractivity contribution in [2.24, 2.45) is 0 Å². The normalized spacial score (nSPS) is 13.3. The molecule has 2 amide bonds. The summed E-state index contributed by atoms with van der Waals surface area (Å²) >= 11 is 13.0. The van der Waals surface area contributed by atoms with Crippen LogP contribution in [0.15, 0.2) is 66.7 Å². The predicted octanol–water partition coefficient (Wildman–Crippen LogP) is 5.43. The van der Waals surface area contributed by atoms with Gasteiger partial charge in [-0.1, -0.05) is 59.6 Å². The summed E-state index contributed by atoms with van der Waals surface area (Å²) in [7, 11) is -3.95. The highest BCUT2D eigenvalue weighted by atomic mass is 35.5. The summed E-state index contributed by atoms with van der Waals surface area (Å²) in [6.07, 6.45) is 0.168. The van der Waals surface area contributed by atoms with E-state index in [9.17, 15) is 18.0 Å². The zero-order valence-electron chi connectivity index (χ0n) is 24.5. The Morgan fingerprint density at radius 3 is 2.23 bits per heavy atom. The number of halogens is 2. The van der Waals surface area contributed by atoms with Crippen molar-refractivity contribution in [3.63, 3.8) is 0 Å². The molecule has 1 aliphatic rings. The van der Waals surface area contributed by atoms with E-state index in [1.54, 1.807) is 30.3 Å². The fraction of sp³-hybridized carbons (Fsp3) is 0.355. The molecule has 1 atom stereocenters. The van der Waals surface area contributed by atoms with E-state index in [0.29, 0.717) is 27.1 Å². The number of hydrogen-bond donors (Lipinski definition) is 1. The molecule has 4 rings (SSSR count). The molecule has 12 heteroatoms. The predicted molar refractivity (Wildman–Crippen MR) is 168 cm³/mol. The molecule has 1 unspecified atom stereocenters. The molecule has 9 nitrogen and oxygen atoms in total. The molecular formula is C31H35Cl2N3O6S. The summed E-state index contributed by atoms with van der Waals surface area (Å²) in [5.74, 6) is -0.437. The first-order valence-corrected chi connectivity index (χ1v) is 16.1.